The summed E-state index contributed by atoms with van der Waals surface area (Å²) in [5, 5.41) is 11.4. The van der Waals surface area contributed by atoms with Gasteiger partial charge in [-0.1, -0.05) is 19.1 Å². The summed E-state index contributed by atoms with van der Waals surface area (Å²) in [6, 6.07) is 6.78. The standard InChI is InChI=1S/C15H20N4O/c1-3-16-13-8-7-12-11(13)5-4-6-14(12)20-9-15-18-17-10-19(15)2/h4-6,10,13,16H,3,7-9H2,1-2H3. The molecular formula is C15H20N4O. The van der Waals surface area contributed by atoms with E-state index in [0.717, 1.165) is 31.0 Å². The predicted molar refractivity (Wildman–Crippen MR) is 76.5 cm³/mol. The summed E-state index contributed by atoms with van der Waals surface area (Å²) < 4.78 is 7.83. The quantitative estimate of drug-likeness (QED) is 0.904. The second kappa shape index (κ2) is 5.63. The van der Waals surface area contributed by atoms with Crippen molar-refractivity contribution >= 4 is 0 Å². The number of nitrogens with one attached hydrogen (secondary N) is 1. The van der Waals surface area contributed by atoms with Crippen LogP contribution in [0.15, 0.2) is 24.5 Å². The van der Waals surface area contributed by atoms with E-state index in [1.54, 1.807) is 6.33 Å². The Morgan fingerprint density at radius 1 is 1.45 bits per heavy atom. The normalized spacial score (nSPS) is 17.2. The lowest BCUT2D eigenvalue weighted by Crippen LogP contribution is -2.18. The molecule has 20 heavy (non-hydrogen) atoms. The molecule has 5 heteroatoms. The van der Waals surface area contributed by atoms with Crippen LogP contribution in [-0.4, -0.2) is 21.3 Å². The summed E-state index contributed by atoms with van der Waals surface area (Å²) >= 11 is 0. The van der Waals surface area contributed by atoms with E-state index in [0.29, 0.717) is 12.6 Å². The number of aryl methyl sites for hydroxylation is 1. The zero-order valence-electron chi connectivity index (χ0n) is 12.0. The molecule has 1 atom stereocenters. The van der Waals surface area contributed by atoms with E-state index in [2.05, 4.69) is 34.6 Å². The number of ether oxygens (including phenoxy) is 1. The van der Waals surface area contributed by atoms with Gasteiger partial charge in [0.25, 0.3) is 0 Å². The number of hydrogen-bond acceptors (Lipinski definition) is 4. The van der Waals surface area contributed by atoms with Crippen LogP contribution in [0.5, 0.6) is 5.75 Å². The summed E-state index contributed by atoms with van der Waals surface area (Å²) in [6.45, 7) is 3.60. The van der Waals surface area contributed by atoms with Crippen LogP contribution in [0, 0.1) is 0 Å². The molecule has 0 saturated heterocycles. The highest BCUT2D eigenvalue weighted by molar-refractivity contribution is 5.45. The Hall–Kier alpha value is -1.88. The first-order chi connectivity index (χ1) is 9.79. The van der Waals surface area contributed by atoms with E-state index in [4.69, 9.17) is 4.74 Å². The molecule has 0 spiro atoms. The first-order valence-corrected chi connectivity index (χ1v) is 7.10. The van der Waals surface area contributed by atoms with Crippen molar-refractivity contribution in [2.24, 2.45) is 7.05 Å². The van der Waals surface area contributed by atoms with Crippen molar-refractivity contribution in [3.8, 4) is 5.75 Å². The maximum atomic E-state index is 5.95. The van der Waals surface area contributed by atoms with Gasteiger partial charge in [0.1, 0.15) is 18.7 Å². The van der Waals surface area contributed by atoms with E-state index in [1.165, 1.54) is 11.1 Å². The molecule has 1 aliphatic carbocycles. The summed E-state index contributed by atoms with van der Waals surface area (Å²) in [4.78, 5) is 0. The highest BCUT2D eigenvalue weighted by Gasteiger charge is 2.24. The van der Waals surface area contributed by atoms with Crippen LogP contribution < -0.4 is 10.1 Å². The molecule has 2 aromatic rings. The largest absolute Gasteiger partial charge is 0.485 e. The van der Waals surface area contributed by atoms with Crippen LogP contribution >= 0.6 is 0 Å². The lowest BCUT2D eigenvalue weighted by Gasteiger charge is -2.14. The Bertz CT molecular complexity index is 593. The summed E-state index contributed by atoms with van der Waals surface area (Å²) in [6.07, 6.45) is 3.91. The smallest absolute Gasteiger partial charge is 0.170 e. The van der Waals surface area contributed by atoms with Crippen molar-refractivity contribution in [3.63, 3.8) is 0 Å². The molecule has 106 valence electrons. The molecule has 3 rings (SSSR count). The first-order valence-electron chi connectivity index (χ1n) is 7.10. The van der Waals surface area contributed by atoms with Crippen molar-refractivity contribution in [2.45, 2.75) is 32.4 Å². The van der Waals surface area contributed by atoms with Crippen molar-refractivity contribution in [1.82, 2.24) is 20.1 Å². The molecule has 0 radical (unpaired) electrons. The molecule has 0 saturated carbocycles. The van der Waals surface area contributed by atoms with Crippen molar-refractivity contribution in [3.05, 3.63) is 41.5 Å². The Morgan fingerprint density at radius 2 is 2.35 bits per heavy atom. The average molecular weight is 272 g/mol. The monoisotopic (exact) mass is 272 g/mol. The molecule has 1 aromatic heterocycles. The van der Waals surface area contributed by atoms with Gasteiger partial charge in [0.2, 0.25) is 0 Å². The van der Waals surface area contributed by atoms with Gasteiger partial charge in [0, 0.05) is 13.1 Å². The highest BCUT2D eigenvalue weighted by Crippen LogP contribution is 2.37. The molecule has 1 aliphatic rings. The van der Waals surface area contributed by atoms with E-state index < -0.39 is 0 Å². The van der Waals surface area contributed by atoms with E-state index in [1.807, 2.05) is 17.7 Å². The van der Waals surface area contributed by atoms with Gasteiger partial charge in [0.15, 0.2) is 5.82 Å². The molecule has 0 bridgehead atoms. The van der Waals surface area contributed by atoms with Crippen molar-refractivity contribution < 1.29 is 4.74 Å². The molecular weight excluding hydrogens is 252 g/mol. The molecule has 0 fully saturated rings. The number of benzene rings is 1. The van der Waals surface area contributed by atoms with E-state index in [9.17, 15) is 0 Å². The molecule has 0 aliphatic heterocycles. The molecule has 1 N–H and O–H groups in total. The molecule has 1 aromatic carbocycles. The number of aromatic nitrogens is 3. The van der Waals surface area contributed by atoms with Gasteiger partial charge in [-0.2, -0.15) is 0 Å². The number of hydrogen-bond donors (Lipinski definition) is 1. The topological polar surface area (TPSA) is 52.0 Å². The minimum absolute atomic E-state index is 0.457. The third-order valence-corrected chi connectivity index (χ3v) is 3.84. The van der Waals surface area contributed by atoms with Crippen LogP contribution in [0.1, 0.15) is 36.3 Å². The first kappa shape index (κ1) is 13.1. The minimum atomic E-state index is 0.457. The molecule has 1 unspecified atom stereocenters. The Labute approximate surface area is 119 Å². The van der Waals surface area contributed by atoms with Gasteiger partial charge in [-0.15, -0.1) is 10.2 Å². The lowest BCUT2D eigenvalue weighted by molar-refractivity contribution is 0.288. The number of nitrogens with zero attached hydrogens (tertiary/aromatic N) is 3. The van der Waals surface area contributed by atoms with Crippen molar-refractivity contribution in [2.75, 3.05) is 6.54 Å². The fourth-order valence-electron chi connectivity index (χ4n) is 2.79. The van der Waals surface area contributed by atoms with Crippen LogP contribution in [-0.2, 0) is 20.1 Å². The maximum absolute atomic E-state index is 5.95. The third-order valence-electron chi connectivity index (χ3n) is 3.84. The zero-order valence-corrected chi connectivity index (χ0v) is 12.0. The second-order valence-electron chi connectivity index (χ2n) is 5.12. The summed E-state index contributed by atoms with van der Waals surface area (Å²) in [5.74, 6) is 1.81. The van der Waals surface area contributed by atoms with E-state index in [-0.39, 0.29) is 0 Å². The summed E-state index contributed by atoms with van der Waals surface area (Å²) in [7, 11) is 1.93. The Balaban J connectivity index is 1.77. The fourth-order valence-corrected chi connectivity index (χ4v) is 2.79. The van der Waals surface area contributed by atoms with Crippen LogP contribution in [0.2, 0.25) is 0 Å². The summed E-state index contributed by atoms with van der Waals surface area (Å²) in [5.41, 5.74) is 2.71. The number of rotatable bonds is 5. The van der Waals surface area contributed by atoms with Crippen LogP contribution in [0.25, 0.3) is 0 Å². The van der Waals surface area contributed by atoms with Gasteiger partial charge in [0.05, 0.1) is 0 Å². The van der Waals surface area contributed by atoms with Gasteiger partial charge >= 0.3 is 0 Å². The fraction of sp³-hybridized carbons (Fsp3) is 0.467. The molecule has 1 heterocycles. The zero-order chi connectivity index (χ0) is 13.9. The van der Waals surface area contributed by atoms with Crippen LogP contribution in [0.3, 0.4) is 0 Å². The molecule has 0 amide bonds. The minimum Gasteiger partial charge on any atom is -0.485 e. The SMILES string of the molecule is CCNC1CCc2c(OCc3nncn3C)cccc21. The predicted octanol–water partition coefficient (Wildman–Crippen LogP) is 1.99. The van der Waals surface area contributed by atoms with Gasteiger partial charge in [-0.05, 0) is 36.6 Å². The number of fused-ring (bicyclic) bond motifs is 1. The molecule has 5 nitrogen and oxygen atoms in total. The average Bonchev–Trinajstić information content (AvgIpc) is 3.04. The van der Waals surface area contributed by atoms with Gasteiger partial charge in [-0.3, -0.25) is 0 Å². The second-order valence-corrected chi connectivity index (χ2v) is 5.12. The van der Waals surface area contributed by atoms with E-state index >= 15 is 0 Å². The maximum Gasteiger partial charge on any atom is 0.170 e. The van der Waals surface area contributed by atoms with Crippen molar-refractivity contribution in [1.29, 1.82) is 0 Å². The lowest BCUT2D eigenvalue weighted by atomic mass is 10.1. The Morgan fingerprint density at radius 3 is 3.10 bits per heavy atom. The highest BCUT2D eigenvalue weighted by atomic mass is 16.5. The Kier molecular flexibility index (Phi) is 3.69. The van der Waals surface area contributed by atoms with Gasteiger partial charge in [-0.25, -0.2) is 0 Å². The van der Waals surface area contributed by atoms with Gasteiger partial charge < -0.3 is 14.6 Å². The third kappa shape index (κ3) is 2.41. The van der Waals surface area contributed by atoms with Crippen LogP contribution in [0.4, 0.5) is 0 Å².